The number of benzene rings is 1. The Hall–Kier alpha value is -0.670. The molecule has 0 aliphatic carbocycles. The second-order valence-electron chi connectivity index (χ2n) is 4.10. The van der Waals surface area contributed by atoms with Gasteiger partial charge in [-0.15, -0.1) is 0 Å². The molecule has 0 aliphatic heterocycles. The van der Waals surface area contributed by atoms with Gasteiger partial charge in [0.15, 0.2) is 0 Å². The molecule has 0 radical (unpaired) electrons. The highest BCUT2D eigenvalue weighted by Gasteiger charge is 2.01. The third kappa shape index (κ3) is 5.46. The van der Waals surface area contributed by atoms with Crippen LogP contribution in [0, 0.1) is 0 Å². The zero-order valence-corrected chi connectivity index (χ0v) is 11.6. The quantitative estimate of drug-likeness (QED) is 0.721. The summed E-state index contributed by atoms with van der Waals surface area (Å²) in [6.07, 6.45) is 2.33. The molecule has 96 valence electrons. The van der Waals surface area contributed by atoms with E-state index in [9.17, 15) is 0 Å². The van der Waals surface area contributed by atoms with Crippen molar-refractivity contribution in [2.75, 3.05) is 12.4 Å². The van der Waals surface area contributed by atoms with Crippen LogP contribution in [0.2, 0.25) is 0 Å². The molecule has 1 aromatic carbocycles. The van der Waals surface area contributed by atoms with Gasteiger partial charge in [0.25, 0.3) is 0 Å². The second kappa shape index (κ2) is 8.43. The largest absolute Gasteiger partial charge is 0.493 e. The summed E-state index contributed by atoms with van der Waals surface area (Å²) in [5.41, 5.74) is 6.74. The van der Waals surface area contributed by atoms with Crippen LogP contribution >= 0.6 is 11.8 Å². The number of para-hydroxylation sites is 1. The standard InChI is InChI=1S/C14H23NOS/c1-3-12(2)17-10-6-9-16-14-8-5-4-7-13(14)11-15/h4-5,7-8,12H,3,6,9-11,15H2,1-2H3. The SMILES string of the molecule is CCC(C)SCCCOc1ccccc1CN. The summed E-state index contributed by atoms with van der Waals surface area (Å²) in [6, 6.07) is 7.99. The molecule has 1 atom stereocenters. The minimum absolute atomic E-state index is 0.539. The van der Waals surface area contributed by atoms with Gasteiger partial charge in [-0.1, -0.05) is 32.0 Å². The molecule has 0 heterocycles. The fourth-order valence-electron chi connectivity index (χ4n) is 1.46. The third-order valence-electron chi connectivity index (χ3n) is 2.72. The van der Waals surface area contributed by atoms with Crippen molar-refractivity contribution in [3.05, 3.63) is 29.8 Å². The van der Waals surface area contributed by atoms with Gasteiger partial charge < -0.3 is 10.5 Å². The first-order chi connectivity index (χ1) is 8.27. The molecule has 1 rings (SSSR count). The minimum atomic E-state index is 0.539. The third-order valence-corrected chi connectivity index (χ3v) is 4.14. The van der Waals surface area contributed by atoms with Gasteiger partial charge in [-0.25, -0.2) is 0 Å². The predicted molar refractivity (Wildman–Crippen MR) is 76.7 cm³/mol. The lowest BCUT2D eigenvalue weighted by Crippen LogP contribution is -2.05. The average molecular weight is 253 g/mol. The lowest BCUT2D eigenvalue weighted by atomic mass is 10.2. The number of thioether (sulfide) groups is 1. The molecule has 2 N–H and O–H groups in total. The smallest absolute Gasteiger partial charge is 0.123 e. The van der Waals surface area contributed by atoms with Crippen molar-refractivity contribution < 1.29 is 4.74 Å². The molecule has 0 aliphatic rings. The number of nitrogens with two attached hydrogens (primary N) is 1. The Balaban J connectivity index is 2.22. The Kier molecular flexibility index (Phi) is 7.13. The van der Waals surface area contributed by atoms with Crippen LogP contribution in [0.3, 0.4) is 0 Å². The van der Waals surface area contributed by atoms with E-state index in [1.54, 1.807) is 0 Å². The molecule has 0 aromatic heterocycles. The van der Waals surface area contributed by atoms with Crippen LogP contribution in [0.25, 0.3) is 0 Å². The van der Waals surface area contributed by atoms with Crippen LogP contribution in [-0.4, -0.2) is 17.6 Å². The van der Waals surface area contributed by atoms with E-state index in [0.29, 0.717) is 6.54 Å². The lowest BCUT2D eigenvalue weighted by Gasteiger charge is -2.11. The van der Waals surface area contributed by atoms with Crippen LogP contribution < -0.4 is 10.5 Å². The summed E-state index contributed by atoms with van der Waals surface area (Å²) in [5, 5.41) is 0.756. The maximum atomic E-state index is 5.75. The Bertz CT molecular complexity index is 317. The molecule has 1 unspecified atom stereocenters. The van der Waals surface area contributed by atoms with Gasteiger partial charge in [-0.3, -0.25) is 0 Å². The van der Waals surface area contributed by atoms with Crippen molar-refractivity contribution in [2.24, 2.45) is 5.73 Å². The van der Waals surface area contributed by atoms with Gasteiger partial charge in [0.1, 0.15) is 5.75 Å². The number of rotatable bonds is 8. The molecule has 0 saturated heterocycles. The zero-order chi connectivity index (χ0) is 12.5. The van der Waals surface area contributed by atoms with Crippen molar-refractivity contribution in [1.29, 1.82) is 0 Å². The molecule has 0 spiro atoms. The van der Waals surface area contributed by atoms with Crippen molar-refractivity contribution in [3.63, 3.8) is 0 Å². The molecular formula is C14H23NOS. The maximum absolute atomic E-state index is 5.75. The number of hydrogen-bond donors (Lipinski definition) is 1. The molecule has 1 aromatic rings. The highest BCUT2D eigenvalue weighted by Crippen LogP contribution is 2.18. The molecule has 0 fully saturated rings. The van der Waals surface area contributed by atoms with E-state index in [2.05, 4.69) is 13.8 Å². The van der Waals surface area contributed by atoms with Gasteiger partial charge in [0.2, 0.25) is 0 Å². The summed E-state index contributed by atoms with van der Waals surface area (Å²) < 4.78 is 5.75. The molecular weight excluding hydrogens is 230 g/mol. The highest BCUT2D eigenvalue weighted by molar-refractivity contribution is 7.99. The van der Waals surface area contributed by atoms with Gasteiger partial charge in [-0.05, 0) is 24.7 Å². The van der Waals surface area contributed by atoms with E-state index < -0.39 is 0 Å². The Morgan fingerprint density at radius 2 is 2.12 bits per heavy atom. The van der Waals surface area contributed by atoms with Gasteiger partial charge in [-0.2, -0.15) is 11.8 Å². The maximum Gasteiger partial charge on any atom is 0.123 e. The molecule has 0 saturated carbocycles. The second-order valence-corrected chi connectivity index (χ2v) is 5.65. The predicted octanol–water partition coefficient (Wildman–Crippen LogP) is 3.45. The van der Waals surface area contributed by atoms with E-state index >= 15 is 0 Å². The van der Waals surface area contributed by atoms with Crippen molar-refractivity contribution in [1.82, 2.24) is 0 Å². The van der Waals surface area contributed by atoms with E-state index in [1.165, 1.54) is 12.2 Å². The first-order valence-electron chi connectivity index (χ1n) is 6.30. The Morgan fingerprint density at radius 1 is 1.35 bits per heavy atom. The van der Waals surface area contributed by atoms with Crippen LogP contribution in [-0.2, 0) is 6.54 Å². The van der Waals surface area contributed by atoms with Crippen molar-refractivity contribution in [2.45, 2.75) is 38.5 Å². The molecule has 17 heavy (non-hydrogen) atoms. The molecule has 2 nitrogen and oxygen atoms in total. The Morgan fingerprint density at radius 3 is 2.82 bits per heavy atom. The van der Waals surface area contributed by atoms with E-state index in [4.69, 9.17) is 10.5 Å². The summed E-state index contributed by atoms with van der Waals surface area (Å²) in [4.78, 5) is 0. The fourth-order valence-corrected chi connectivity index (χ4v) is 2.38. The zero-order valence-electron chi connectivity index (χ0n) is 10.8. The summed E-state index contributed by atoms with van der Waals surface area (Å²) in [7, 11) is 0. The van der Waals surface area contributed by atoms with Crippen molar-refractivity contribution >= 4 is 11.8 Å². The minimum Gasteiger partial charge on any atom is -0.493 e. The lowest BCUT2D eigenvalue weighted by molar-refractivity contribution is 0.315. The molecule has 0 bridgehead atoms. The fraction of sp³-hybridized carbons (Fsp3) is 0.571. The first kappa shape index (κ1) is 14.4. The van der Waals surface area contributed by atoms with Gasteiger partial charge in [0.05, 0.1) is 6.61 Å². The highest BCUT2D eigenvalue weighted by atomic mass is 32.2. The van der Waals surface area contributed by atoms with E-state index in [0.717, 1.165) is 29.6 Å². The number of ether oxygens (including phenoxy) is 1. The van der Waals surface area contributed by atoms with Crippen LogP contribution in [0.15, 0.2) is 24.3 Å². The normalized spacial score (nSPS) is 12.4. The van der Waals surface area contributed by atoms with E-state index in [1.807, 2.05) is 36.0 Å². The first-order valence-corrected chi connectivity index (χ1v) is 7.35. The van der Waals surface area contributed by atoms with E-state index in [-0.39, 0.29) is 0 Å². The molecule has 3 heteroatoms. The monoisotopic (exact) mass is 253 g/mol. The average Bonchev–Trinajstić information content (AvgIpc) is 2.38. The van der Waals surface area contributed by atoms with Crippen molar-refractivity contribution in [3.8, 4) is 5.75 Å². The van der Waals surface area contributed by atoms with Gasteiger partial charge >= 0.3 is 0 Å². The summed E-state index contributed by atoms with van der Waals surface area (Å²) >= 11 is 2.02. The number of hydrogen-bond acceptors (Lipinski definition) is 3. The van der Waals surface area contributed by atoms with Crippen LogP contribution in [0.1, 0.15) is 32.3 Å². The summed E-state index contributed by atoms with van der Waals surface area (Å²) in [5.74, 6) is 2.10. The van der Waals surface area contributed by atoms with Crippen LogP contribution in [0.4, 0.5) is 0 Å². The topological polar surface area (TPSA) is 35.2 Å². The molecule has 0 amide bonds. The Labute approximate surface area is 109 Å². The van der Waals surface area contributed by atoms with Gasteiger partial charge in [0, 0.05) is 17.4 Å². The van der Waals surface area contributed by atoms with Crippen LogP contribution in [0.5, 0.6) is 5.75 Å². The summed E-state index contributed by atoms with van der Waals surface area (Å²) in [6.45, 7) is 5.82.